The number of likely N-dealkylation sites (tertiary alicyclic amines) is 1. The van der Waals surface area contributed by atoms with Gasteiger partial charge in [-0.3, -0.25) is 14.4 Å². The molecule has 2 heterocycles. The summed E-state index contributed by atoms with van der Waals surface area (Å²) in [5.74, 6) is -0.0900. The van der Waals surface area contributed by atoms with Crippen LogP contribution in [0.15, 0.2) is 0 Å². The molecule has 0 spiro atoms. The second-order valence-corrected chi connectivity index (χ2v) is 6.10. The minimum atomic E-state index is -0.447. The van der Waals surface area contributed by atoms with Crippen LogP contribution in [0.3, 0.4) is 0 Å². The van der Waals surface area contributed by atoms with E-state index in [0.717, 1.165) is 19.4 Å². The largest absolute Gasteiger partial charge is 0.376 e. The van der Waals surface area contributed by atoms with E-state index in [1.807, 2.05) is 0 Å². The molecule has 2 rings (SSSR count). The Morgan fingerprint density at radius 1 is 1.32 bits per heavy atom. The van der Waals surface area contributed by atoms with Gasteiger partial charge in [0.2, 0.25) is 17.7 Å². The zero-order valence-electron chi connectivity index (χ0n) is 13.4. The van der Waals surface area contributed by atoms with Gasteiger partial charge in [-0.05, 0) is 19.3 Å². The highest BCUT2D eigenvalue weighted by Gasteiger charge is 2.37. The van der Waals surface area contributed by atoms with Crippen LogP contribution in [-0.2, 0) is 19.1 Å². The minimum Gasteiger partial charge on any atom is -0.376 e. The highest BCUT2D eigenvalue weighted by atomic mass is 16.5. The predicted molar refractivity (Wildman–Crippen MR) is 80.1 cm³/mol. The molecule has 1 N–H and O–H groups in total. The Hall–Kier alpha value is -1.63. The minimum absolute atomic E-state index is 0.0220. The van der Waals surface area contributed by atoms with Crippen LogP contribution in [0.2, 0.25) is 0 Å². The molecule has 2 aliphatic rings. The summed E-state index contributed by atoms with van der Waals surface area (Å²) in [5, 5.41) is 2.71. The van der Waals surface area contributed by atoms with Crippen LogP contribution in [0.25, 0.3) is 0 Å². The van der Waals surface area contributed by atoms with Crippen LogP contribution >= 0.6 is 0 Å². The fraction of sp³-hybridized carbons (Fsp3) is 0.800. The Balaban J connectivity index is 1.91. The molecule has 0 unspecified atom stereocenters. The van der Waals surface area contributed by atoms with Crippen LogP contribution in [0.5, 0.6) is 0 Å². The van der Waals surface area contributed by atoms with Crippen molar-refractivity contribution in [2.75, 3.05) is 39.8 Å². The molecule has 7 nitrogen and oxygen atoms in total. The van der Waals surface area contributed by atoms with Gasteiger partial charge in [-0.15, -0.1) is 0 Å². The van der Waals surface area contributed by atoms with Gasteiger partial charge in [-0.25, -0.2) is 0 Å². The molecule has 0 bridgehead atoms. The molecular weight excluding hydrogens is 286 g/mol. The Bertz CT molecular complexity index is 454. The first-order valence-corrected chi connectivity index (χ1v) is 7.81. The van der Waals surface area contributed by atoms with E-state index in [1.165, 1.54) is 0 Å². The van der Waals surface area contributed by atoms with Crippen molar-refractivity contribution < 1.29 is 19.1 Å². The van der Waals surface area contributed by atoms with Gasteiger partial charge in [0, 0.05) is 46.6 Å². The number of carbonyl (C=O) groups is 3. The Labute approximate surface area is 131 Å². The molecule has 0 aromatic heterocycles. The summed E-state index contributed by atoms with van der Waals surface area (Å²) < 4.78 is 5.67. The maximum absolute atomic E-state index is 12.3. The van der Waals surface area contributed by atoms with E-state index in [-0.39, 0.29) is 24.3 Å². The van der Waals surface area contributed by atoms with Crippen molar-refractivity contribution in [3.05, 3.63) is 0 Å². The summed E-state index contributed by atoms with van der Waals surface area (Å²) in [5.41, 5.74) is -0.447. The first-order valence-electron chi connectivity index (χ1n) is 7.81. The number of ether oxygens (including phenoxy) is 1. The molecule has 0 radical (unpaired) electrons. The van der Waals surface area contributed by atoms with Crippen LogP contribution in [-0.4, -0.2) is 73.0 Å². The van der Waals surface area contributed by atoms with Crippen molar-refractivity contribution >= 4 is 17.7 Å². The molecule has 2 aliphatic heterocycles. The molecule has 7 heteroatoms. The number of nitrogens with one attached hydrogen (secondary N) is 1. The fourth-order valence-electron chi connectivity index (χ4n) is 3.18. The van der Waals surface area contributed by atoms with E-state index in [1.54, 1.807) is 23.8 Å². The number of hydrogen-bond acceptors (Lipinski definition) is 4. The van der Waals surface area contributed by atoms with Crippen molar-refractivity contribution in [1.82, 2.24) is 15.1 Å². The molecule has 22 heavy (non-hydrogen) atoms. The number of amides is 3. The monoisotopic (exact) mass is 311 g/mol. The molecule has 2 fully saturated rings. The first kappa shape index (κ1) is 16.7. The Morgan fingerprint density at radius 3 is 2.73 bits per heavy atom. The van der Waals surface area contributed by atoms with Crippen LogP contribution in [0, 0.1) is 0 Å². The number of piperidine rings is 1. The van der Waals surface area contributed by atoms with Crippen molar-refractivity contribution in [1.29, 1.82) is 0 Å². The highest BCUT2D eigenvalue weighted by molar-refractivity contribution is 5.85. The van der Waals surface area contributed by atoms with Gasteiger partial charge in [0.15, 0.2) is 0 Å². The van der Waals surface area contributed by atoms with Crippen LogP contribution in [0.1, 0.15) is 32.6 Å². The summed E-state index contributed by atoms with van der Waals surface area (Å²) >= 11 is 0. The van der Waals surface area contributed by atoms with E-state index < -0.39 is 5.60 Å². The highest BCUT2D eigenvalue weighted by Crippen LogP contribution is 2.29. The van der Waals surface area contributed by atoms with Crippen molar-refractivity contribution in [3.63, 3.8) is 0 Å². The zero-order chi connectivity index (χ0) is 16.2. The third-order valence-electron chi connectivity index (χ3n) is 4.60. The second-order valence-electron chi connectivity index (χ2n) is 6.10. The maximum atomic E-state index is 12.3. The summed E-state index contributed by atoms with van der Waals surface area (Å²) in [6.45, 7) is 4.05. The van der Waals surface area contributed by atoms with E-state index in [0.29, 0.717) is 32.5 Å². The normalized spacial score (nSPS) is 25.8. The lowest BCUT2D eigenvalue weighted by Crippen LogP contribution is -2.52. The van der Waals surface area contributed by atoms with Gasteiger partial charge >= 0.3 is 0 Å². The number of methoxy groups -OCH3 is 1. The maximum Gasteiger partial charge on any atom is 0.239 e. The molecule has 0 aromatic rings. The van der Waals surface area contributed by atoms with Crippen LogP contribution in [0.4, 0.5) is 0 Å². The van der Waals surface area contributed by atoms with Crippen molar-refractivity contribution in [2.24, 2.45) is 0 Å². The van der Waals surface area contributed by atoms with Gasteiger partial charge in [0.05, 0.1) is 12.1 Å². The molecule has 3 amide bonds. The third-order valence-corrected chi connectivity index (χ3v) is 4.60. The SMILES string of the molecule is CO[C@]1(CCC(=O)N2CCNC(=O)C2)CCCN(C(C)=O)C1. The van der Waals surface area contributed by atoms with Crippen LogP contribution < -0.4 is 5.32 Å². The summed E-state index contributed by atoms with van der Waals surface area (Å²) in [6.07, 6.45) is 2.64. The molecule has 0 aliphatic carbocycles. The molecule has 124 valence electrons. The lowest BCUT2D eigenvalue weighted by molar-refractivity contribution is -0.143. The Kier molecular flexibility index (Phi) is 5.39. The van der Waals surface area contributed by atoms with E-state index in [9.17, 15) is 14.4 Å². The zero-order valence-corrected chi connectivity index (χ0v) is 13.4. The van der Waals surface area contributed by atoms with Gasteiger partial charge < -0.3 is 19.9 Å². The lowest BCUT2D eigenvalue weighted by Gasteiger charge is -2.42. The van der Waals surface area contributed by atoms with Crippen molar-refractivity contribution in [2.45, 2.75) is 38.2 Å². The molecule has 1 atom stereocenters. The summed E-state index contributed by atoms with van der Waals surface area (Å²) in [6, 6.07) is 0. The number of piperazine rings is 1. The summed E-state index contributed by atoms with van der Waals surface area (Å²) in [7, 11) is 1.64. The number of hydrogen-bond donors (Lipinski definition) is 1. The second kappa shape index (κ2) is 7.09. The number of rotatable bonds is 4. The average molecular weight is 311 g/mol. The number of carbonyl (C=O) groups excluding carboxylic acids is 3. The number of nitrogens with zero attached hydrogens (tertiary/aromatic N) is 2. The van der Waals surface area contributed by atoms with Gasteiger partial charge in [-0.1, -0.05) is 0 Å². The fourth-order valence-corrected chi connectivity index (χ4v) is 3.18. The predicted octanol–water partition coefficient (Wildman–Crippen LogP) is -0.247. The quantitative estimate of drug-likeness (QED) is 0.777. The lowest BCUT2D eigenvalue weighted by atomic mass is 9.87. The van der Waals surface area contributed by atoms with Crippen molar-refractivity contribution in [3.8, 4) is 0 Å². The molecule has 0 aromatic carbocycles. The van der Waals surface area contributed by atoms with E-state index in [2.05, 4.69) is 5.32 Å². The first-order chi connectivity index (χ1) is 10.5. The smallest absolute Gasteiger partial charge is 0.239 e. The standard InChI is InChI=1S/C15H25N3O4/c1-12(19)18-8-3-5-15(11-18,22-2)6-4-14(21)17-9-7-16-13(20)10-17/h3-11H2,1-2H3,(H,16,20)/t15-/m0/s1. The third kappa shape index (κ3) is 3.97. The Morgan fingerprint density at radius 2 is 2.09 bits per heavy atom. The molecule has 0 saturated carbocycles. The average Bonchev–Trinajstić information content (AvgIpc) is 2.52. The van der Waals surface area contributed by atoms with E-state index in [4.69, 9.17) is 4.74 Å². The van der Waals surface area contributed by atoms with Gasteiger partial charge in [0.1, 0.15) is 0 Å². The van der Waals surface area contributed by atoms with E-state index >= 15 is 0 Å². The van der Waals surface area contributed by atoms with Gasteiger partial charge in [-0.2, -0.15) is 0 Å². The summed E-state index contributed by atoms with van der Waals surface area (Å²) in [4.78, 5) is 38.6. The molecule has 2 saturated heterocycles. The topological polar surface area (TPSA) is 79.0 Å². The molecular formula is C15H25N3O4. The van der Waals surface area contributed by atoms with Gasteiger partial charge in [0.25, 0.3) is 0 Å².